The van der Waals surface area contributed by atoms with Crippen LogP contribution in [0.3, 0.4) is 0 Å². The van der Waals surface area contributed by atoms with E-state index in [0.717, 1.165) is 7.11 Å². The van der Waals surface area contributed by atoms with Crippen LogP contribution >= 0.6 is 0 Å². The molecule has 0 aliphatic heterocycles. The van der Waals surface area contributed by atoms with Gasteiger partial charge in [-0.1, -0.05) is 0 Å². The molecule has 98 valence electrons. The number of hydrogen-bond acceptors (Lipinski definition) is 6. The van der Waals surface area contributed by atoms with Crippen molar-refractivity contribution in [1.29, 1.82) is 0 Å². The van der Waals surface area contributed by atoms with Gasteiger partial charge in [-0.25, -0.2) is 4.79 Å². The molecule has 1 aromatic carbocycles. The van der Waals surface area contributed by atoms with Crippen molar-refractivity contribution in [2.75, 3.05) is 25.6 Å². The molecule has 7 heteroatoms. The molecule has 0 unspecified atom stereocenters. The predicted octanol–water partition coefficient (Wildman–Crippen LogP) is 1.09. The summed E-state index contributed by atoms with van der Waals surface area (Å²) in [4.78, 5) is 21.8. The Balaban J connectivity index is 3.28. The molecule has 7 nitrogen and oxygen atoms in total. The van der Waals surface area contributed by atoms with Crippen molar-refractivity contribution in [3.05, 3.63) is 33.4 Å². The van der Waals surface area contributed by atoms with Crippen molar-refractivity contribution in [3.63, 3.8) is 0 Å². The third kappa shape index (κ3) is 2.95. The van der Waals surface area contributed by atoms with Crippen LogP contribution < -0.4 is 5.32 Å². The lowest BCUT2D eigenvalue weighted by molar-refractivity contribution is -0.385. The van der Waals surface area contributed by atoms with Gasteiger partial charge in [0.25, 0.3) is 5.69 Å². The van der Waals surface area contributed by atoms with Gasteiger partial charge in [-0.3, -0.25) is 10.1 Å². The summed E-state index contributed by atoms with van der Waals surface area (Å²) in [5.41, 5.74) is 0.496. The number of anilines is 1. The first-order valence-corrected chi connectivity index (χ1v) is 5.23. The molecule has 1 aromatic rings. The van der Waals surface area contributed by atoms with Gasteiger partial charge < -0.3 is 15.2 Å². The van der Waals surface area contributed by atoms with E-state index < -0.39 is 10.9 Å². The van der Waals surface area contributed by atoms with Gasteiger partial charge in [0, 0.05) is 17.8 Å². The SMILES string of the molecule is COC(=O)c1cc(NCCO)cc(C)c1[N+](=O)[O-]. The Kier molecular flexibility index (Phi) is 4.61. The minimum atomic E-state index is -0.766. The third-order valence-corrected chi connectivity index (χ3v) is 2.33. The first kappa shape index (κ1) is 13.9. The average Bonchev–Trinajstić information content (AvgIpc) is 2.33. The van der Waals surface area contributed by atoms with E-state index >= 15 is 0 Å². The van der Waals surface area contributed by atoms with Gasteiger partial charge in [-0.05, 0) is 19.1 Å². The fourth-order valence-corrected chi connectivity index (χ4v) is 1.59. The van der Waals surface area contributed by atoms with Gasteiger partial charge in [0.15, 0.2) is 0 Å². The number of aryl methyl sites for hydroxylation is 1. The summed E-state index contributed by atoms with van der Waals surface area (Å²) in [6.45, 7) is 1.75. The van der Waals surface area contributed by atoms with Crippen molar-refractivity contribution in [2.45, 2.75) is 6.92 Å². The number of nitrogens with zero attached hydrogens (tertiary/aromatic N) is 1. The monoisotopic (exact) mass is 254 g/mol. The van der Waals surface area contributed by atoms with Crippen LogP contribution in [0.25, 0.3) is 0 Å². The van der Waals surface area contributed by atoms with Crippen molar-refractivity contribution in [2.24, 2.45) is 0 Å². The van der Waals surface area contributed by atoms with Crippen LogP contribution in [-0.4, -0.2) is 36.3 Å². The van der Waals surface area contributed by atoms with Crippen LogP contribution in [0.15, 0.2) is 12.1 Å². The highest BCUT2D eigenvalue weighted by Gasteiger charge is 2.24. The minimum Gasteiger partial charge on any atom is -0.465 e. The van der Waals surface area contributed by atoms with Crippen molar-refractivity contribution < 1.29 is 19.6 Å². The summed E-state index contributed by atoms with van der Waals surface area (Å²) < 4.78 is 4.52. The second-order valence-corrected chi connectivity index (χ2v) is 3.59. The molecule has 0 atom stereocenters. The average molecular weight is 254 g/mol. The van der Waals surface area contributed by atoms with Gasteiger partial charge in [0.2, 0.25) is 0 Å². The van der Waals surface area contributed by atoms with Crippen LogP contribution in [0, 0.1) is 17.0 Å². The molecule has 0 aliphatic carbocycles. The molecule has 2 N–H and O–H groups in total. The van der Waals surface area contributed by atoms with E-state index in [9.17, 15) is 14.9 Å². The summed E-state index contributed by atoms with van der Waals surface area (Å²) in [6.07, 6.45) is 0. The maximum Gasteiger partial charge on any atom is 0.344 e. The van der Waals surface area contributed by atoms with E-state index in [1.807, 2.05) is 0 Å². The number of nitro groups is 1. The zero-order chi connectivity index (χ0) is 13.7. The summed E-state index contributed by atoms with van der Waals surface area (Å²) in [6, 6.07) is 2.88. The van der Waals surface area contributed by atoms with Crippen LogP contribution in [0.2, 0.25) is 0 Å². The molecule has 0 heterocycles. The quantitative estimate of drug-likeness (QED) is 0.463. The van der Waals surface area contributed by atoms with Crippen LogP contribution in [0.5, 0.6) is 0 Å². The Labute approximate surface area is 104 Å². The van der Waals surface area contributed by atoms with E-state index in [-0.39, 0.29) is 24.4 Å². The number of carbonyl (C=O) groups excluding carboxylic acids is 1. The highest BCUT2D eigenvalue weighted by molar-refractivity contribution is 5.95. The maximum absolute atomic E-state index is 11.5. The summed E-state index contributed by atoms with van der Waals surface area (Å²) >= 11 is 0. The number of benzene rings is 1. The first-order valence-electron chi connectivity index (χ1n) is 5.23. The maximum atomic E-state index is 11.5. The highest BCUT2D eigenvalue weighted by Crippen LogP contribution is 2.28. The zero-order valence-corrected chi connectivity index (χ0v) is 10.1. The fourth-order valence-electron chi connectivity index (χ4n) is 1.59. The van der Waals surface area contributed by atoms with Crippen LogP contribution in [0.4, 0.5) is 11.4 Å². The molecule has 0 bridgehead atoms. The van der Waals surface area contributed by atoms with E-state index in [2.05, 4.69) is 10.1 Å². The van der Waals surface area contributed by atoms with E-state index in [0.29, 0.717) is 11.3 Å². The van der Waals surface area contributed by atoms with Crippen molar-refractivity contribution in [1.82, 2.24) is 0 Å². The molecule has 18 heavy (non-hydrogen) atoms. The standard InChI is InChI=1S/C11H14N2O5/c1-7-5-8(12-3-4-14)6-9(11(15)18-2)10(7)13(16)17/h5-6,12,14H,3-4H2,1-2H3. The normalized spacial score (nSPS) is 9.94. The Bertz CT molecular complexity index is 473. The molecule has 0 aromatic heterocycles. The Morgan fingerprint density at radius 3 is 2.72 bits per heavy atom. The number of rotatable bonds is 5. The topological polar surface area (TPSA) is 102 Å². The molecule has 0 spiro atoms. The number of nitro benzene ring substituents is 1. The van der Waals surface area contributed by atoms with Gasteiger partial charge in [-0.15, -0.1) is 0 Å². The lowest BCUT2D eigenvalue weighted by atomic mass is 10.1. The fraction of sp³-hybridized carbons (Fsp3) is 0.364. The molecule has 0 amide bonds. The number of aliphatic hydroxyl groups excluding tert-OH is 1. The van der Waals surface area contributed by atoms with Gasteiger partial charge in [0.1, 0.15) is 5.56 Å². The van der Waals surface area contributed by atoms with Gasteiger partial charge in [0.05, 0.1) is 18.6 Å². The van der Waals surface area contributed by atoms with Gasteiger partial charge >= 0.3 is 5.97 Å². The van der Waals surface area contributed by atoms with E-state index in [4.69, 9.17) is 5.11 Å². The lowest BCUT2D eigenvalue weighted by Gasteiger charge is -2.09. The Morgan fingerprint density at radius 1 is 1.56 bits per heavy atom. The summed E-state index contributed by atoms with van der Waals surface area (Å²) in [5, 5.41) is 22.5. The van der Waals surface area contributed by atoms with E-state index in [1.165, 1.54) is 13.0 Å². The lowest BCUT2D eigenvalue weighted by Crippen LogP contribution is -2.10. The number of ether oxygens (including phenoxy) is 1. The largest absolute Gasteiger partial charge is 0.465 e. The summed E-state index contributed by atoms with van der Waals surface area (Å²) in [7, 11) is 1.16. The number of esters is 1. The Morgan fingerprint density at radius 2 is 2.22 bits per heavy atom. The highest BCUT2D eigenvalue weighted by atomic mass is 16.6. The van der Waals surface area contributed by atoms with Gasteiger partial charge in [-0.2, -0.15) is 0 Å². The van der Waals surface area contributed by atoms with Crippen LogP contribution in [-0.2, 0) is 4.74 Å². The number of nitrogens with one attached hydrogen (secondary N) is 1. The first-order chi connectivity index (χ1) is 8.51. The van der Waals surface area contributed by atoms with Crippen LogP contribution in [0.1, 0.15) is 15.9 Å². The second kappa shape index (κ2) is 5.97. The smallest absolute Gasteiger partial charge is 0.344 e. The molecular weight excluding hydrogens is 240 g/mol. The molecular formula is C11H14N2O5. The van der Waals surface area contributed by atoms with Crippen molar-refractivity contribution in [3.8, 4) is 0 Å². The predicted molar refractivity (Wildman–Crippen MR) is 64.7 cm³/mol. The molecule has 0 radical (unpaired) electrons. The zero-order valence-electron chi connectivity index (χ0n) is 10.1. The number of hydrogen-bond donors (Lipinski definition) is 2. The number of methoxy groups -OCH3 is 1. The number of carbonyl (C=O) groups is 1. The molecule has 1 rings (SSSR count). The Hall–Kier alpha value is -2.15. The minimum absolute atomic E-state index is 0.0798. The van der Waals surface area contributed by atoms with E-state index in [1.54, 1.807) is 6.07 Å². The summed E-state index contributed by atoms with van der Waals surface area (Å²) in [5.74, 6) is -0.766. The molecule has 0 saturated heterocycles. The second-order valence-electron chi connectivity index (χ2n) is 3.59. The van der Waals surface area contributed by atoms with Crippen molar-refractivity contribution >= 4 is 17.3 Å². The number of aliphatic hydroxyl groups is 1. The third-order valence-electron chi connectivity index (χ3n) is 2.33. The molecule has 0 aliphatic rings. The molecule has 0 saturated carbocycles. The molecule has 0 fully saturated rings.